The highest BCUT2D eigenvalue weighted by atomic mass is 35.5. The number of halogens is 1. The second kappa shape index (κ2) is 6.13. The summed E-state index contributed by atoms with van der Waals surface area (Å²) in [4.78, 5) is 14.6. The molecule has 1 aliphatic carbocycles. The molecule has 2 fully saturated rings. The predicted molar refractivity (Wildman–Crippen MR) is 93.0 cm³/mol. The molecule has 0 unspecified atom stereocenters. The van der Waals surface area contributed by atoms with E-state index in [0.717, 1.165) is 36.4 Å². The van der Waals surface area contributed by atoms with Gasteiger partial charge in [-0.3, -0.25) is 4.68 Å². The molecule has 1 aliphatic heterocycles. The fourth-order valence-corrected chi connectivity index (χ4v) is 3.87. The molecule has 126 valence electrons. The van der Waals surface area contributed by atoms with Crippen molar-refractivity contribution in [1.29, 1.82) is 0 Å². The quantitative estimate of drug-likeness (QED) is 0.926. The maximum atomic E-state index is 12.7. The number of amides is 2. The van der Waals surface area contributed by atoms with Crippen LogP contribution in [0.2, 0.25) is 5.02 Å². The lowest BCUT2D eigenvalue weighted by Crippen LogP contribution is -2.40. The van der Waals surface area contributed by atoms with Crippen LogP contribution < -0.4 is 5.32 Å². The third kappa shape index (κ3) is 3.00. The van der Waals surface area contributed by atoms with Crippen molar-refractivity contribution in [1.82, 2.24) is 20.0 Å². The Bertz CT molecular complexity index is 759. The Labute approximate surface area is 146 Å². The average Bonchev–Trinajstić information content (AvgIpc) is 2.96. The lowest BCUT2D eigenvalue weighted by atomic mass is 10.1. The smallest absolute Gasteiger partial charge is 0.318 e. The zero-order chi connectivity index (χ0) is 16.7. The van der Waals surface area contributed by atoms with Crippen LogP contribution in [-0.2, 0) is 7.05 Å². The minimum absolute atomic E-state index is 0.0379. The number of carbonyl (C=O) groups excluding carboxylic acids is 1. The number of hydrogen-bond acceptors (Lipinski definition) is 2. The fourth-order valence-electron chi connectivity index (χ4n) is 3.67. The van der Waals surface area contributed by atoms with Gasteiger partial charge in [-0.2, -0.15) is 5.10 Å². The molecule has 0 bridgehead atoms. The minimum atomic E-state index is 0.0379. The van der Waals surface area contributed by atoms with Gasteiger partial charge < -0.3 is 10.2 Å². The first-order valence-electron chi connectivity index (χ1n) is 8.43. The molecule has 1 aromatic carbocycles. The molecule has 1 aromatic heterocycles. The summed E-state index contributed by atoms with van der Waals surface area (Å²) in [5, 5.41) is 8.17. The van der Waals surface area contributed by atoms with Crippen molar-refractivity contribution in [2.75, 3.05) is 6.54 Å². The van der Waals surface area contributed by atoms with Crippen molar-refractivity contribution in [2.45, 2.75) is 37.3 Å². The third-order valence-electron chi connectivity index (χ3n) is 5.00. The zero-order valence-corrected chi connectivity index (χ0v) is 14.4. The van der Waals surface area contributed by atoms with Crippen LogP contribution in [0.4, 0.5) is 4.79 Å². The molecule has 24 heavy (non-hydrogen) atoms. The third-order valence-corrected chi connectivity index (χ3v) is 5.23. The van der Waals surface area contributed by atoms with Gasteiger partial charge in [0.2, 0.25) is 0 Å². The lowest BCUT2D eigenvalue weighted by molar-refractivity contribution is 0.192. The van der Waals surface area contributed by atoms with E-state index in [0.29, 0.717) is 5.92 Å². The van der Waals surface area contributed by atoms with Crippen molar-refractivity contribution in [2.24, 2.45) is 7.05 Å². The molecular weight excluding hydrogens is 324 g/mol. The Balaban J connectivity index is 1.40. The number of nitrogens with one attached hydrogen (secondary N) is 1. The molecule has 2 aliphatic rings. The standard InChI is InChI=1S/C18H21ClN4O/c1-22-11-13(10-20-22)17-6-3-7-23(17)18(24)21-16-9-15(16)12-4-2-5-14(19)8-12/h2,4-5,8,10-11,15-17H,3,6-7,9H2,1H3,(H,21,24)/t15-,16+,17+/m0/s1. The topological polar surface area (TPSA) is 50.2 Å². The molecule has 6 heteroatoms. The van der Waals surface area contributed by atoms with Gasteiger partial charge in [-0.15, -0.1) is 0 Å². The highest BCUT2D eigenvalue weighted by molar-refractivity contribution is 6.30. The highest BCUT2D eigenvalue weighted by Gasteiger charge is 2.41. The van der Waals surface area contributed by atoms with Crippen molar-refractivity contribution in [3.05, 3.63) is 52.8 Å². The summed E-state index contributed by atoms with van der Waals surface area (Å²) in [6, 6.07) is 8.31. The maximum absolute atomic E-state index is 12.7. The number of aromatic nitrogens is 2. The number of urea groups is 1. The van der Waals surface area contributed by atoms with E-state index in [2.05, 4.69) is 16.5 Å². The molecule has 5 nitrogen and oxygen atoms in total. The van der Waals surface area contributed by atoms with E-state index in [1.54, 1.807) is 4.68 Å². The van der Waals surface area contributed by atoms with Crippen LogP contribution in [-0.4, -0.2) is 33.3 Å². The summed E-state index contributed by atoms with van der Waals surface area (Å²) in [6.45, 7) is 0.806. The molecule has 2 aromatic rings. The first kappa shape index (κ1) is 15.5. The molecule has 1 saturated heterocycles. The molecule has 0 spiro atoms. The molecule has 2 heterocycles. The van der Waals surface area contributed by atoms with Gasteiger partial charge >= 0.3 is 6.03 Å². The van der Waals surface area contributed by atoms with Crippen LogP contribution in [0.1, 0.15) is 42.3 Å². The number of carbonyl (C=O) groups is 1. The Morgan fingerprint density at radius 1 is 1.38 bits per heavy atom. The molecule has 1 saturated carbocycles. The number of nitrogens with zero attached hydrogens (tertiary/aromatic N) is 3. The largest absolute Gasteiger partial charge is 0.335 e. The van der Waals surface area contributed by atoms with Crippen LogP contribution in [0.5, 0.6) is 0 Å². The maximum Gasteiger partial charge on any atom is 0.318 e. The van der Waals surface area contributed by atoms with E-state index < -0.39 is 0 Å². The first-order chi connectivity index (χ1) is 11.6. The van der Waals surface area contributed by atoms with Gasteiger partial charge in [-0.05, 0) is 37.0 Å². The van der Waals surface area contributed by atoms with Gasteiger partial charge in [0.15, 0.2) is 0 Å². The summed E-state index contributed by atoms with van der Waals surface area (Å²) in [5.74, 6) is 0.382. The van der Waals surface area contributed by atoms with E-state index in [9.17, 15) is 4.79 Å². The molecule has 3 atom stereocenters. The van der Waals surface area contributed by atoms with Gasteiger partial charge in [0.1, 0.15) is 0 Å². The molecule has 0 radical (unpaired) electrons. The molecular formula is C18H21ClN4O. The Hall–Kier alpha value is -2.01. The molecule has 1 N–H and O–H groups in total. The zero-order valence-electron chi connectivity index (χ0n) is 13.7. The predicted octanol–water partition coefficient (Wildman–Crippen LogP) is 3.48. The van der Waals surface area contributed by atoms with Gasteiger partial charge in [0.05, 0.1) is 12.2 Å². The Morgan fingerprint density at radius 3 is 3.00 bits per heavy atom. The minimum Gasteiger partial charge on any atom is -0.335 e. The number of aryl methyl sites for hydroxylation is 1. The summed E-state index contributed by atoms with van der Waals surface area (Å²) in [6.07, 6.45) is 6.89. The van der Waals surface area contributed by atoms with Crippen LogP contribution in [0, 0.1) is 0 Å². The SMILES string of the molecule is Cn1cc([C@H]2CCCN2C(=O)N[C@@H]2C[C@H]2c2cccc(Cl)c2)cn1. The highest BCUT2D eigenvalue weighted by Crippen LogP contribution is 2.42. The summed E-state index contributed by atoms with van der Waals surface area (Å²) >= 11 is 6.06. The Kier molecular flexibility index (Phi) is 3.96. The fraction of sp³-hybridized carbons (Fsp3) is 0.444. The van der Waals surface area contributed by atoms with Crippen molar-refractivity contribution < 1.29 is 4.79 Å². The van der Waals surface area contributed by atoms with E-state index >= 15 is 0 Å². The number of likely N-dealkylation sites (tertiary alicyclic amines) is 1. The second-order valence-corrected chi connectivity index (χ2v) is 7.19. The molecule has 2 amide bonds. The second-order valence-electron chi connectivity index (χ2n) is 6.75. The normalized spacial score (nSPS) is 25.8. The van der Waals surface area contributed by atoms with Gasteiger partial charge in [0.25, 0.3) is 0 Å². The van der Waals surface area contributed by atoms with Crippen molar-refractivity contribution in [3.8, 4) is 0 Å². The van der Waals surface area contributed by atoms with Crippen LogP contribution in [0.25, 0.3) is 0 Å². The Morgan fingerprint density at radius 2 is 2.25 bits per heavy atom. The molecule has 4 rings (SSSR count). The summed E-state index contributed by atoms with van der Waals surface area (Å²) in [5.41, 5.74) is 2.32. The monoisotopic (exact) mass is 344 g/mol. The van der Waals surface area contributed by atoms with Crippen LogP contribution >= 0.6 is 11.6 Å². The van der Waals surface area contributed by atoms with E-state index in [1.165, 1.54) is 5.56 Å². The van der Waals surface area contributed by atoms with E-state index in [-0.39, 0.29) is 18.1 Å². The lowest BCUT2D eigenvalue weighted by Gasteiger charge is -2.24. The first-order valence-corrected chi connectivity index (χ1v) is 8.81. The number of benzene rings is 1. The average molecular weight is 345 g/mol. The summed E-state index contributed by atoms with van der Waals surface area (Å²) < 4.78 is 1.79. The van der Waals surface area contributed by atoms with Gasteiger partial charge in [0, 0.05) is 42.3 Å². The van der Waals surface area contributed by atoms with Crippen molar-refractivity contribution in [3.63, 3.8) is 0 Å². The van der Waals surface area contributed by atoms with Crippen LogP contribution in [0.15, 0.2) is 36.7 Å². The van der Waals surface area contributed by atoms with Crippen molar-refractivity contribution >= 4 is 17.6 Å². The summed E-state index contributed by atoms with van der Waals surface area (Å²) in [7, 11) is 1.91. The van der Waals surface area contributed by atoms with E-state index in [4.69, 9.17) is 11.6 Å². The number of rotatable bonds is 3. The van der Waals surface area contributed by atoms with Gasteiger partial charge in [-0.1, -0.05) is 23.7 Å². The van der Waals surface area contributed by atoms with Crippen LogP contribution in [0.3, 0.4) is 0 Å². The van der Waals surface area contributed by atoms with E-state index in [1.807, 2.05) is 42.5 Å². The number of hydrogen-bond donors (Lipinski definition) is 1. The van der Waals surface area contributed by atoms with Gasteiger partial charge in [-0.25, -0.2) is 4.79 Å².